The third-order valence-electron chi connectivity index (χ3n) is 3.71. The molecule has 0 saturated carbocycles. The van der Waals surface area contributed by atoms with Crippen molar-refractivity contribution in [2.75, 3.05) is 26.2 Å². The monoisotopic (exact) mass is 414 g/mol. The Kier molecular flexibility index (Phi) is 9.87. The molecule has 0 atom stereocenters. The molecule has 0 unspecified atom stereocenters. The average molecular weight is 414 g/mol. The third kappa shape index (κ3) is 8.79. The maximum atomic E-state index is 13.6. The number of hydrogen-bond donors (Lipinski definition) is 3. The molecule has 0 spiro atoms. The van der Waals surface area contributed by atoms with Gasteiger partial charge in [0.2, 0.25) is 0 Å². The second-order valence-corrected chi connectivity index (χ2v) is 8.82. The molecule has 0 heterocycles. The van der Waals surface area contributed by atoms with Gasteiger partial charge in [-0.15, -0.1) is 0 Å². The van der Waals surface area contributed by atoms with E-state index in [0.29, 0.717) is 6.54 Å². The highest BCUT2D eigenvalue weighted by Crippen LogP contribution is 2.26. The predicted octanol–water partition coefficient (Wildman–Crippen LogP) is 2.99. The van der Waals surface area contributed by atoms with E-state index in [4.69, 9.17) is 19.2 Å². The lowest BCUT2D eigenvalue weighted by Crippen LogP contribution is -2.26. The topological polar surface area (TPSA) is 110 Å². The number of phosphoric acid groups is 1. The van der Waals surface area contributed by atoms with Crippen molar-refractivity contribution in [1.82, 2.24) is 4.90 Å². The molecule has 0 fully saturated rings. The third-order valence-corrected chi connectivity index (χ3v) is 6.08. The summed E-state index contributed by atoms with van der Waals surface area (Å²) in [5.41, 5.74) is 0. The first-order valence-electron chi connectivity index (χ1n) is 8.54. The summed E-state index contributed by atoms with van der Waals surface area (Å²) in [6.07, 6.45) is 0. The molecule has 0 bridgehead atoms. The maximum absolute atomic E-state index is 13.6. The largest absolute Gasteiger partial charge is 0.466 e. The van der Waals surface area contributed by atoms with Crippen LogP contribution >= 0.6 is 7.82 Å². The molecule has 150 valence electrons. The molecule has 0 radical (unpaired) electrons. The number of nitrogens with zero attached hydrogens (tertiary/aromatic N) is 2. The second-order valence-electron chi connectivity index (χ2n) is 5.54. The van der Waals surface area contributed by atoms with Crippen LogP contribution in [-0.2, 0) is 14.3 Å². The fourth-order valence-corrected chi connectivity index (χ4v) is 4.31. The Morgan fingerprint density at radius 3 is 1.59 bits per heavy atom. The van der Waals surface area contributed by atoms with Gasteiger partial charge in [0.05, 0.1) is 16.3 Å². The Hall–Kier alpha value is -1.54. The zero-order valence-corrected chi connectivity index (χ0v) is 17.2. The minimum Gasteiger partial charge on any atom is -0.303 e. The molecule has 27 heavy (non-hydrogen) atoms. The normalized spacial score (nSPS) is 11.6. The van der Waals surface area contributed by atoms with Crippen LogP contribution in [0.25, 0.3) is 0 Å². The summed E-state index contributed by atoms with van der Waals surface area (Å²) in [6, 6.07) is 19.1. The van der Waals surface area contributed by atoms with E-state index in [1.165, 1.54) is 0 Å². The van der Waals surface area contributed by atoms with Gasteiger partial charge in [-0.3, -0.25) is 0 Å². The smallest absolute Gasteiger partial charge is 0.303 e. The number of hydrogen-bond acceptors (Lipinski definition) is 4. The molecular weight excluding hydrogens is 387 g/mol. The van der Waals surface area contributed by atoms with Gasteiger partial charge in [-0.25, -0.2) is 13.1 Å². The molecule has 3 N–H and O–H groups in total. The minimum atomic E-state index is -4.64. The molecule has 2 rings (SSSR count). The van der Waals surface area contributed by atoms with Crippen molar-refractivity contribution in [1.29, 1.82) is 0 Å². The average Bonchev–Trinajstić information content (AvgIpc) is 2.65. The molecule has 0 aliphatic carbocycles. The van der Waals surface area contributed by atoms with Crippen LogP contribution in [0.4, 0.5) is 0 Å². The first-order chi connectivity index (χ1) is 12.7. The number of benzene rings is 2. The van der Waals surface area contributed by atoms with E-state index < -0.39 is 17.6 Å². The Morgan fingerprint density at radius 1 is 0.889 bits per heavy atom. The van der Waals surface area contributed by atoms with Crippen molar-refractivity contribution >= 4 is 17.6 Å². The van der Waals surface area contributed by atoms with Crippen molar-refractivity contribution in [2.45, 2.75) is 23.6 Å². The van der Waals surface area contributed by atoms with Crippen molar-refractivity contribution in [3.05, 3.63) is 60.7 Å². The summed E-state index contributed by atoms with van der Waals surface area (Å²) in [7, 11) is -7.20. The Bertz CT molecular complexity index is 776. The summed E-state index contributed by atoms with van der Waals surface area (Å²) in [5, 5.41) is 0. The van der Waals surface area contributed by atoms with E-state index >= 15 is 0 Å². The van der Waals surface area contributed by atoms with Gasteiger partial charge in [0.1, 0.15) is 9.73 Å². The van der Waals surface area contributed by atoms with Crippen LogP contribution in [-0.4, -0.2) is 50.0 Å². The fourth-order valence-electron chi connectivity index (χ4n) is 2.35. The van der Waals surface area contributed by atoms with E-state index in [-0.39, 0.29) is 0 Å². The fraction of sp³-hybridized carbons (Fsp3) is 0.333. The molecule has 9 heteroatoms. The van der Waals surface area contributed by atoms with Crippen LogP contribution in [0, 0.1) is 0 Å². The molecule has 0 amide bonds. The quantitative estimate of drug-likeness (QED) is 0.601. The molecule has 0 aromatic heterocycles. The molecule has 0 saturated heterocycles. The second kappa shape index (κ2) is 11.3. The standard InChI is InChI=1S/C18H24N2OS.H3O4P/c1-3-20(4-2)16-15-19-22(21,17-11-7-5-8-12-17)18-13-9-6-10-14-18;1-5(2,3)4/h5-14H,3-4,15-16H2,1-2H3;(H3,1,2,3,4). The minimum absolute atomic E-state index is 0.574. The molecule has 0 aliphatic heterocycles. The van der Waals surface area contributed by atoms with Gasteiger partial charge in [-0.05, 0) is 37.4 Å². The van der Waals surface area contributed by atoms with Crippen LogP contribution < -0.4 is 0 Å². The van der Waals surface area contributed by atoms with E-state index in [2.05, 4.69) is 23.1 Å². The lowest BCUT2D eigenvalue weighted by Gasteiger charge is -2.17. The van der Waals surface area contributed by atoms with E-state index in [0.717, 1.165) is 29.4 Å². The molecule has 0 aliphatic rings. The van der Waals surface area contributed by atoms with Crippen LogP contribution in [0.15, 0.2) is 74.8 Å². The van der Waals surface area contributed by atoms with Crippen LogP contribution in [0.5, 0.6) is 0 Å². The van der Waals surface area contributed by atoms with E-state index in [1.807, 2.05) is 60.7 Å². The number of likely N-dealkylation sites (N-methyl/N-ethyl adjacent to an activating group) is 1. The molecule has 7 nitrogen and oxygen atoms in total. The first-order valence-corrected chi connectivity index (χ1v) is 11.6. The zero-order valence-electron chi connectivity index (χ0n) is 15.5. The van der Waals surface area contributed by atoms with Crippen LogP contribution in [0.3, 0.4) is 0 Å². The predicted molar refractivity (Wildman–Crippen MR) is 107 cm³/mol. The summed E-state index contributed by atoms with van der Waals surface area (Å²) >= 11 is 0. The summed E-state index contributed by atoms with van der Waals surface area (Å²) in [6.45, 7) is 7.66. The Labute approximate surface area is 161 Å². The van der Waals surface area contributed by atoms with Crippen LogP contribution in [0.2, 0.25) is 0 Å². The Morgan fingerprint density at radius 2 is 1.26 bits per heavy atom. The van der Waals surface area contributed by atoms with E-state index in [9.17, 15) is 4.21 Å². The van der Waals surface area contributed by atoms with Crippen molar-refractivity contribution < 1.29 is 23.5 Å². The van der Waals surface area contributed by atoms with Gasteiger partial charge in [-0.1, -0.05) is 50.2 Å². The van der Waals surface area contributed by atoms with Gasteiger partial charge in [0, 0.05) is 6.54 Å². The highest BCUT2D eigenvalue weighted by atomic mass is 32.2. The highest BCUT2D eigenvalue weighted by Gasteiger charge is 2.15. The van der Waals surface area contributed by atoms with Crippen molar-refractivity contribution in [3.63, 3.8) is 0 Å². The summed E-state index contributed by atoms with van der Waals surface area (Å²) < 4.78 is 27.1. The highest BCUT2D eigenvalue weighted by molar-refractivity contribution is 7.93. The van der Waals surface area contributed by atoms with Gasteiger partial charge >= 0.3 is 7.82 Å². The molecular formula is C18H27N2O5PS. The van der Waals surface area contributed by atoms with E-state index in [1.54, 1.807) is 0 Å². The van der Waals surface area contributed by atoms with Gasteiger partial charge in [0.15, 0.2) is 0 Å². The summed E-state index contributed by atoms with van der Waals surface area (Å²) in [4.78, 5) is 25.4. The maximum Gasteiger partial charge on any atom is 0.466 e. The lowest BCUT2D eigenvalue weighted by molar-refractivity contribution is 0.275. The zero-order chi connectivity index (χ0) is 20.3. The molecule has 2 aromatic carbocycles. The number of rotatable bonds is 7. The van der Waals surface area contributed by atoms with Crippen molar-refractivity contribution in [2.24, 2.45) is 4.36 Å². The SMILES string of the molecule is CCN(CC)CCN=S(=O)(c1ccccc1)c1ccccc1.O=P(O)(O)O. The summed E-state index contributed by atoms with van der Waals surface area (Å²) in [5.74, 6) is 0. The van der Waals surface area contributed by atoms with Gasteiger partial charge in [0.25, 0.3) is 0 Å². The first kappa shape index (κ1) is 23.5. The lowest BCUT2D eigenvalue weighted by atomic mass is 10.4. The van der Waals surface area contributed by atoms with Crippen molar-refractivity contribution in [3.8, 4) is 0 Å². The molecule has 2 aromatic rings. The van der Waals surface area contributed by atoms with Crippen LogP contribution in [0.1, 0.15) is 13.8 Å². The van der Waals surface area contributed by atoms with Gasteiger partial charge < -0.3 is 19.6 Å². The van der Waals surface area contributed by atoms with Gasteiger partial charge in [-0.2, -0.15) is 0 Å². The Balaban J connectivity index is 0.000000646.